The molecule has 1 atom stereocenters. The second-order valence-corrected chi connectivity index (χ2v) is 9.85. The molecule has 1 aliphatic heterocycles. The van der Waals surface area contributed by atoms with Crippen molar-refractivity contribution in [2.24, 2.45) is 0 Å². The number of imide groups is 1. The van der Waals surface area contributed by atoms with Crippen LogP contribution in [0.2, 0.25) is 0 Å². The van der Waals surface area contributed by atoms with Crippen molar-refractivity contribution in [3.8, 4) is 0 Å². The Hall–Kier alpha value is -1.59. The maximum absolute atomic E-state index is 13.5. The number of amides is 4. The summed E-state index contributed by atoms with van der Waals surface area (Å²) in [5.41, 5.74) is -0.869. The van der Waals surface area contributed by atoms with Gasteiger partial charge in [0.2, 0.25) is 5.91 Å². The Balaban J connectivity index is 1.66. The Morgan fingerprint density at radius 2 is 1.53 bits per heavy atom. The van der Waals surface area contributed by atoms with Crippen LogP contribution in [-0.2, 0) is 9.59 Å². The van der Waals surface area contributed by atoms with Crippen LogP contribution in [0, 0.1) is 0 Å². The summed E-state index contributed by atoms with van der Waals surface area (Å²) in [5.74, 6) is -0.267. The van der Waals surface area contributed by atoms with E-state index in [0.717, 1.165) is 51.4 Å². The van der Waals surface area contributed by atoms with Gasteiger partial charge in [-0.3, -0.25) is 14.5 Å². The minimum Gasteiger partial charge on any atom is -0.335 e. The van der Waals surface area contributed by atoms with Crippen molar-refractivity contribution >= 4 is 17.8 Å². The van der Waals surface area contributed by atoms with E-state index in [1.165, 1.54) is 43.4 Å². The van der Waals surface area contributed by atoms with Crippen LogP contribution in [0.4, 0.5) is 4.79 Å². The lowest BCUT2D eigenvalue weighted by Crippen LogP contribution is -2.53. The van der Waals surface area contributed by atoms with Gasteiger partial charge in [0.15, 0.2) is 0 Å². The standard InChI is InChI=1S/C24H41N3O3/c1-3-4-5-12-17-24(2)22(29)26(23(30)25-24)18-21(28)27(19-13-8-6-9-14-19)20-15-10-7-11-16-20/h19-20H,3-18H2,1-2H3,(H,25,30). The molecule has 2 aliphatic carbocycles. The van der Waals surface area contributed by atoms with Crippen LogP contribution >= 0.6 is 0 Å². The molecule has 0 aromatic carbocycles. The van der Waals surface area contributed by atoms with Gasteiger partial charge in [-0.05, 0) is 39.0 Å². The van der Waals surface area contributed by atoms with E-state index in [4.69, 9.17) is 0 Å². The van der Waals surface area contributed by atoms with Gasteiger partial charge in [0.1, 0.15) is 12.1 Å². The van der Waals surface area contributed by atoms with Crippen molar-refractivity contribution in [3.63, 3.8) is 0 Å². The average Bonchev–Trinajstić information content (AvgIpc) is 2.96. The van der Waals surface area contributed by atoms with Crippen molar-refractivity contribution in [1.82, 2.24) is 15.1 Å². The monoisotopic (exact) mass is 419 g/mol. The van der Waals surface area contributed by atoms with E-state index >= 15 is 0 Å². The zero-order valence-electron chi connectivity index (χ0n) is 19.1. The molecule has 1 unspecified atom stereocenters. The molecule has 0 bridgehead atoms. The van der Waals surface area contributed by atoms with Gasteiger partial charge >= 0.3 is 6.03 Å². The molecule has 2 saturated carbocycles. The van der Waals surface area contributed by atoms with Crippen LogP contribution < -0.4 is 5.32 Å². The summed E-state index contributed by atoms with van der Waals surface area (Å²) in [4.78, 5) is 42.4. The highest BCUT2D eigenvalue weighted by Gasteiger charge is 2.48. The smallest absolute Gasteiger partial charge is 0.325 e. The highest BCUT2D eigenvalue weighted by atomic mass is 16.2. The summed E-state index contributed by atoms with van der Waals surface area (Å²) in [7, 11) is 0. The first-order valence-corrected chi connectivity index (χ1v) is 12.4. The lowest BCUT2D eigenvalue weighted by Gasteiger charge is -2.42. The van der Waals surface area contributed by atoms with Gasteiger partial charge in [0.25, 0.3) is 5.91 Å². The number of nitrogens with one attached hydrogen (secondary N) is 1. The molecular formula is C24H41N3O3. The van der Waals surface area contributed by atoms with Crippen LogP contribution in [0.3, 0.4) is 0 Å². The normalized spacial score (nSPS) is 26.1. The predicted molar refractivity (Wildman–Crippen MR) is 118 cm³/mol. The van der Waals surface area contributed by atoms with E-state index in [1.807, 2.05) is 6.92 Å². The summed E-state index contributed by atoms with van der Waals surface area (Å²) >= 11 is 0. The SMILES string of the molecule is CCCCCCC1(C)NC(=O)N(CC(=O)N(C2CCCCC2)C2CCCCC2)C1=O. The van der Waals surface area contributed by atoms with Crippen LogP contribution in [0.25, 0.3) is 0 Å². The van der Waals surface area contributed by atoms with Gasteiger partial charge in [-0.15, -0.1) is 0 Å². The Bertz CT molecular complexity index is 593. The molecule has 0 aromatic rings. The lowest BCUT2D eigenvalue weighted by molar-refractivity contribution is -0.143. The average molecular weight is 420 g/mol. The highest BCUT2D eigenvalue weighted by molar-refractivity contribution is 6.08. The summed E-state index contributed by atoms with van der Waals surface area (Å²) < 4.78 is 0. The molecule has 3 fully saturated rings. The molecule has 30 heavy (non-hydrogen) atoms. The molecule has 6 nitrogen and oxygen atoms in total. The number of carbonyl (C=O) groups excluding carboxylic acids is 3. The molecule has 1 saturated heterocycles. The molecule has 0 radical (unpaired) electrons. The number of hydrogen-bond donors (Lipinski definition) is 1. The molecule has 4 amide bonds. The number of hydrogen-bond acceptors (Lipinski definition) is 3. The van der Waals surface area contributed by atoms with E-state index in [9.17, 15) is 14.4 Å². The van der Waals surface area contributed by atoms with Gasteiger partial charge in [-0.25, -0.2) is 4.79 Å². The molecule has 3 aliphatic rings. The molecule has 6 heteroatoms. The minimum absolute atomic E-state index is 0.0347. The summed E-state index contributed by atoms with van der Waals surface area (Å²) in [6.07, 6.45) is 16.2. The zero-order valence-corrected chi connectivity index (χ0v) is 19.1. The van der Waals surface area contributed by atoms with Crippen LogP contribution in [-0.4, -0.2) is 51.8 Å². The second kappa shape index (κ2) is 10.6. The first-order valence-electron chi connectivity index (χ1n) is 12.4. The summed E-state index contributed by atoms with van der Waals surface area (Å²) in [5, 5.41) is 2.88. The summed E-state index contributed by atoms with van der Waals surface area (Å²) in [6.45, 7) is 3.86. The Morgan fingerprint density at radius 3 is 2.07 bits per heavy atom. The van der Waals surface area contributed by atoms with E-state index in [-0.39, 0.29) is 30.4 Å². The van der Waals surface area contributed by atoms with Gasteiger partial charge in [-0.2, -0.15) is 0 Å². The molecule has 1 heterocycles. The number of carbonyl (C=O) groups is 3. The first kappa shape index (κ1) is 23.1. The maximum atomic E-state index is 13.5. The molecule has 170 valence electrons. The van der Waals surface area contributed by atoms with Gasteiger partial charge < -0.3 is 10.2 Å². The largest absolute Gasteiger partial charge is 0.335 e. The highest BCUT2D eigenvalue weighted by Crippen LogP contribution is 2.31. The molecular weight excluding hydrogens is 378 g/mol. The third kappa shape index (κ3) is 5.36. The van der Waals surface area contributed by atoms with Gasteiger partial charge in [0.05, 0.1) is 0 Å². The van der Waals surface area contributed by atoms with Crippen LogP contribution in [0.5, 0.6) is 0 Å². The van der Waals surface area contributed by atoms with E-state index in [0.29, 0.717) is 6.42 Å². The topological polar surface area (TPSA) is 69.7 Å². The zero-order chi connectivity index (χ0) is 21.6. The molecule has 3 rings (SSSR count). The van der Waals surface area contributed by atoms with Crippen molar-refractivity contribution < 1.29 is 14.4 Å². The van der Waals surface area contributed by atoms with Crippen LogP contribution in [0.1, 0.15) is 110 Å². The Labute approximate surface area is 182 Å². The Kier molecular flexibility index (Phi) is 8.18. The van der Waals surface area contributed by atoms with Crippen molar-refractivity contribution in [2.75, 3.05) is 6.54 Å². The summed E-state index contributed by atoms with van der Waals surface area (Å²) in [6, 6.07) is 0.143. The van der Waals surface area contributed by atoms with Crippen molar-refractivity contribution in [2.45, 2.75) is 128 Å². The second-order valence-electron chi connectivity index (χ2n) is 9.85. The van der Waals surface area contributed by atoms with Crippen molar-refractivity contribution in [1.29, 1.82) is 0 Å². The maximum Gasteiger partial charge on any atom is 0.325 e. The van der Waals surface area contributed by atoms with Gasteiger partial charge in [-0.1, -0.05) is 71.1 Å². The lowest BCUT2D eigenvalue weighted by atomic mass is 9.88. The number of unbranched alkanes of at least 4 members (excludes halogenated alkanes) is 3. The van der Waals surface area contributed by atoms with E-state index in [1.54, 1.807) is 0 Å². The fourth-order valence-corrected chi connectivity index (χ4v) is 5.61. The van der Waals surface area contributed by atoms with Crippen LogP contribution in [0.15, 0.2) is 0 Å². The molecule has 0 aromatic heterocycles. The number of rotatable bonds is 9. The quantitative estimate of drug-likeness (QED) is 0.433. The number of urea groups is 1. The predicted octanol–water partition coefficient (Wildman–Crippen LogP) is 4.76. The minimum atomic E-state index is -0.869. The fourth-order valence-electron chi connectivity index (χ4n) is 5.61. The molecule has 1 N–H and O–H groups in total. The third-order valence-corrected chi connectivity index (χ3v) is 7.39. The number of nitrogens with zero attached hydrogens (tertiary/aromatic N) is 2. The van der Waals surface area contributed by atoms with Gasteiger partial charge in [0, 0.05) is 12.1 Å². The molecule has 0 spiro atoms. The van der Waals surface area contributed by atoms with E-state index < -0.39 is 11.6 Å². The third-order valence-electron chi connectivity index (χ3n) is 7.39. The Morgan fingerprint density at radius 1 is 0.967 bits per heavy atom. The fraction of sp³-hybridized carbons (Fsp3) is 0.875. The van der Waals surface area contributed by atoms with Crippen molar-refractivity contribution in [3.05, 3.63) is 0 Å². The van der Waals surface area contributed by atoms with E-state index in [2.05, 4.69) is 17.1 Å². The first-order chi connectivity index (χ1) is 14.5.